The number of carbonyl (C=O) groups is 1. The first kappa shape index (κ1) is 10.4. The average molecular weight is 243 g/mol. The van der Waals surface area contributed by atoms with E-state index in [0.29, 0.717) is 17.5 Å². The van der Waals surface area contributed by atoms with Crippen LogP contribution >= 0.6 is 15.9 Å². The van der Waals surface area contributed by atoms with Gasteiger partial charge in [0.25, 0.3) is 0 Å². The fraction of sp³-hybridized carbons (Fsp3) is 0.300. The first-order valence-electron chi connectivity index (χ1n) is 4.11. The smallest absolute Gasteiger partial charge is 0.162 e. The molecule has 0 aromatic heterocycles. The van der Waals surface area contributed by atoms with E-state index in [1.54, 1.807) is 12.1 Å². The minimum absolute atomic E-state index is 0.0663. The van der Waals surface area contributed by atoms with Crippen molar-refractivity contribution in [2.75, 3.05) is 0 Å². The molecular formula is C10H11BrO2. The van der Waals surface area contributed by atoms with Crippen LogP contribution in [0.3, 0.4) is 0 Å². The Labute approximate surface area is 85.7 Å². The number of hydrogen-bond acceptors (Lipinski definition) is 2. The maximum Gasteiger partial charge on any atom is 0.162 e. The monoisotopic (exact) mass is 242 g/mol. The second-order valence-corrected chi connectivity index (χ2v) is 3.65. The molecule has 0 bridgehead atoms. The average Bonchev–Trinajstić information content (AvgIpc) is 2.16. The zero-order chi connectivity index (χ0) is 9.84. The first-order chi connectivity index (χ1) is 6.19. The van der Waals surface area contributed by atoms with Gasteiger partial charge in [0.1, 0.15) is 0 Å². The molecule has 70 valence electrons. The Hall–Kier alpha value is -0.670. The van der Waals surface area contributed by atoms with Crippen molar-refractivity contribution in [3.05, 3.63) is 33.8 Å². The number of ketones is 1. The van der Waals surface area contributed by atoms with Gasteiger partial charge in [-0.2, -0.15) is 0 Å². The minimum atomic E-state index is -0.0967. The lowest BCUT2D eigenvalue weighted by atomic mass is 10.0. The van der Waals surface area contributed by atoms with Gasteiger partial charge in [-0.3, -0.25) is 4.79 Å². The summed E-state index contributed by atoms with van der Waals surface area (Å²) < 4.78 is 0.879. The molecule has 3 heteroatoms. The van der Waals surface area contributed by atoms with Crippen molar-refractivity contribution >= 4 is 21.7 Å². The summed E-state index contributed by atoms with van der Waals surface area (Å²) >= 11 is 3.29. The van der Waals surface area contributed by atoms with Crippen LogP contribution in [0.25, 0.3) is 0 Å². The van der Waals surface area contributed by atoms with Crippen LogP contribution in [0, 0.1) is 0 Å². The quantitative estimate of drug-likeness (QED) is 0.828. The fourth-order valence-electron chi connectivity index (χ4n) is 1.16. The van der Waals surface area contributed by atoms with Gasteiger partial charge >= 0.3 is 0 Å². The topological polar surface area (TPSA) is 37.3 Å². The minimum Gasteiger partial charge on any atom is -0.392 e. The van der Waals surface area contributed by atoms with Crippen molar-refractivity contribution < 1.29 is 9.90 Å². The third-order valence-electron chi connectivity index (χ3n) is 1.86. The predicted octanol–water partition coefficient (Wildman–Crippen LogP) is 2.53. The fourth-order valence-corrected chi connectivity index (χ4v) is 1.56. The number of benzene rings is 1. The van der Waals surface area contributed by atoms with Crippen molar-refractivity contribution in [2.45, 2.75) is 20.0 Å². The highest BCUT2D eigenvalue weighted by Crippen LogP contribution is 2.18. The summed E-state index contributed by atoms with van der Waals surface area (Å²) in [5, 5.41) is 9.01. The van der Waals surface area contributed by atoms with Gasteiger partial charge in [0.05, 0.1) is 6.61 Å². The molecular weight excluding hydrogens is 232 g/mol. The molecule has 0 saturated heterocycles. The lowest BCUT2D eigenvalue weighted by Gasteiger charge is -2.05. The van der Waals surface area contributed by atoms with Gasteiger partial charge in [0.15, 0.2) is 5.78 Å². The first-order valence-corrected chi connectivity index (χ1v) is 4.90. The van der Waals surface area contributed by atoms with Crippen LogP contribution in [-0.4, -0.2) is 10.9 Å². The molecule has 0 aliphatic heterocycles. The van der Waals surface area contributed by atoms with Gasteiger partial charge in [-0.1, -0.05) is 22.9 Å². The van der Waals surface area contributed by atoms with E-state index in [1.807, 2.05) is 13.0 Å². The number of aliphatic hydroxyl groups is 1. The molecule has 1 aromatic carbocycles. The van der Waals surface area contributed by atoms with E-state index in [2.05, 4.69) is 15.9 Å². The van der Waals surface area contributed by atoms with Crippen LogP contribution in [0.2, 0.25) is 0 Å². The van der Waals surface area contributed by atoms with Crippen LogP contribution in [-0.2, 0) is 6.61 Å². The van der Waals surface area contributed by atoms with Gasteiger partial charge in [-0.25, -0.2) is 0 Å². The third-order valence-corrected chi connectivity index (χ3v) is 2.35. The van der Waals surface area contributed by atoms with Gasteiger partial charge in [0, 0.05) is 16.5 Å². The predicted molar refractivity (Wildman–Crippen MR) is 54.7 cm³/mol. The van der Waals surface area contributed by atoms with Crippen molar-refractivity contribution in [3.63, 3.8) is 0 Å². The summed E-state index contributed by atoms with van der Waals surface area (Å²) in [4.78, 5) is 11.4. The molecule has 0 amide bonds. The molecule has 0 aliphatic carbocycles. The number of Topliss-reactive ketones (excluding diaryl/α,β-unsaturated/α-hetero) is 1. The molecule has 0 saturated carbocycles. The van der Waals surface area contributed by atoms with E-state index in [4.69, 9.17) is 5.11 Å². The van der Waals surface area contributed by atoms with Crippen LogP contribution in [0.5, 0.6) is 0 Å². The number of rotatable bonds is 3. The molecule has 0 spiro atoms. The van der Waals surface area contributed by atoms with Crippen LogP contribution in [0.1, 0.15) is 29.3 Å². The van der Waals surface area contributed by atoms with Crippen molar-refractivity contribution in [1.29, 1.82) is 0 Å². The highest BCUT2D eigenvalue weighted by atomic mass is 79.9. The summed E-state index contributed by atoms with van der Waals surface area (Å²) in [6.45, 7) is 1.71. The van der Waals surface area contributed by atoms with Crippen molar-refractivity contribution in [1.82, 2.24) is 0 Å². The Morgan fingerprint density at radius 1 is 1.54 bits per heavy atom. The normalized spacial score (nSPS) is 10.1. The molecule has 13 heavy (non-hydrogen) atoms. The zero-order valence-corrected chi connectivity index (χ0v) is 8.97. The van der Waals surface area contributed by atoms with E-state index in [-0.39, 0.29) is 12.4 Å². The molecule has 2 nitrogen and oxygen atoms in total. The van der Waals surface area contributed by atoms with Crippen LogP contribution in [0.15, 0.2) is 22.7 Å². The summed E-state index contributed by atoms with van der Waals surface area (Å²) in [5.41, 5.74) is 1.30. The van der Waals surface area contributed by atoms with Gasteiger partial charge in [-0.05, 0) is 23.8 Å². The van der Waals surface area contributed by atoms with Gasteiger partial charge in [-0.15, -0.1) is 0 Å². The molecule has 0 heterocycles. The summed E-state index contributed by atoms with van der Waals surface area (Å²) in [5.74, 6) is 0.0663. The van der Waals surface area contributed by atoms with Gasteiger partial charge in [0.2, 0.25) is 0 Å². The zero-order valence-electron chi connectivity index (χ0n) is 7.38. The highest BCUT2D eigenvalue weighted by molar-refractivity contribution is 9.10. The number of halogens is 1. The molecule has 1 N–H and O–H groups in total. The Morgan fingerprint density at radius 3 is 2.77 bits per heavy atom. The van der Waals surface area contributed by atoms with Crippen LogP contribution < -0.4 is 0 Å². The number of carbonyl (C=O) groups excluding carboxylic acids is 1. The third kappa shape index (κ3) is 2.39. The summed E-state index contributed by atoms with van der Waals surface area (Å²) in [6.07, 6.45) is 0.467. The summed E-state index contributed by atoms with van der Waals surface area (Å²) in [6, 6.07) is 5.31. The Balaban J connectivity index is 3.13. The standard InChI is InChI=1S/C10H11BrO2/c1-2-10(13)9-4-3-8(11)5-7(9)6-12/h3-5,12H,2,6H2,1H3. The largest absolute Gasteiger partial charge is 0.392 e. The second kappa shape index (κ2) is 4.53. The highest BCUT2D eigenvalue weighted by Gasteiger charge is 2.08. The number of hydrogen-bond donors (Lipinski definition) is 1. The van der Waals surface area contributed by atoms with Gasteiger partial charge < -0.3 is 5.11 Å². The second-order valence-electron chi connectivity index (χ2n) is 2.74. The lowest BCUT2D eigenvalue weighted by molar-refractivity contribution is 0.0985. The van der Waals surface area contributed by atoms with Crippen molar-refractivity contribution in [2.24, 2.45) is 0 Å². The Bertz CT molecular complexity index is 321. The lowest BCUT2D eigenvalue weighted by Crippen LogP contribution is -2.02. The summed E-state index contributed by atoms with van der Waals surface area (Å²) in [7, 11) is 0. The van der Waals surface area contributed by atoms with Crippen LogP contribution in [0.4, 0.5) is 0 Å². The maximum absolute atomic E-state index is 11.4. The van der Waals surface area contributed by atoms with E-state index in [9.17, 15) is 4.79 Å². The molecule has 0 unspecified atom stereocenters. The van der Waals surface area contributed by atoms with E-state index >= 15 is 0 Å². The Kier molecular flexibility index (Phi) is 3.63. The molecule has 0 fully saturated rings. The maximum atomic E-state index is 11.4. The molecule has 1 aromatic rings. The van der Waals surface area contributed by atoms with Crippen molar-refractivity contribution in [3.8, 4) is 0 Å². The molecule has 0 aliphatic rings. The molecule has 0 atom stereocenters. The number of aliphatic hydroxyl groups excluding tert-OH is 1. The Morgan fingerprint density at radius 2 is 2.23 bits per heavy atom. The van der Waals surface area contributed by atoms with E-state index in [0.717, 1.165) is 4.47 Å². The SMILES string of the molecule is CCC(=O)c1ccc(Br)cc1CO. The van der Waals surface area contributed by atoms with E-state index in [1.165, 1.54) is 0 Å². The molecule has 0 radical (unpaired) electrons. The van der Waals surface area contributed by atoms with E-state index < -0.39 is 0 Å². The molecule has 1 rings (SSSR count).